The Labute approximate surface area is 121 Å². The van der Waals surface area contributed by atoms with Gasteiger partial charge in [-0.3, -0.25) is 0 Å². The molecule has 0 spiro atoms. The molecule has 1 aliphatic rings. The van der Waals surface area contributed by atoms with Crippen molar-refractivity contribution in [3.05, 3.63) is 12.0 Å². The SMILES string of the molecule is CCn1cc(S(=O)(=O)N(C)C2CCCC2CN)nc1C. The average molecular weight is 300 g/mol. The van der Waals surface area contributed by atoms with E-state index in [9.17, 15) is 8.42 Å². The summed E-state index contributed by atoms with van der Waals surface area (Å²) >= 11 is 0. The molecule has 1 aromatic heterocycles. The lowest BCUT2D eigenvalue weighted by Crippen LogP contribution is -2.41. The van der Waals surface area contributed by atoms with Gasteiger partial charge in [0, 0.05) is 25.8 Å². The Kier molecular flexibility index (Phi) is 4.51. The molecule has 0 bridgehead atoms. The van der Waals surface area contributed by atoms with Gasteiger partial charge in [0.2, 0.25) is 0 Å². The molecule has 0 aromatic carbocycles. The third-order valence-electron chi connectivity index (χ3n) is 4.33. The van der Waals surface area contributed by atoms with Crippen LogP contribution in [0.1, 0.15) is 32.0 Å². The van der Waals surface area contributed by atoms with Gasteiger partial charge in [-0.25, -0.2) is 13.4 Å². The fourth-order valence-corrected chi connectivity index (χ4v) is 4.46. The van der Waals surface area contributed by atoms with E-state index in [1.165, 1.54) is 4.31 Å². The van der Waals surface area contributed by atoms with Crippen LogP contribution in [0.25, 0.3) is 0 Å². The summed E-state index contributed by atoms with van der Waals surface area (Å²) < 4.78 is 28.7. The van der Waals surface area contributed by atoms with Crippen molar-refractivity contribution in [2.24, 2.45) is 11.7 Å². The second-order valence-electron chi connectivity index (χ2n) is 5.43. The summed E-state index contributed by atoms with van der Waals surface area (Å²) in [5.74, 6) is 0.977. The molecule has 0 amide bonds. The van der Waals surface area contributed by atoms with Gasteiger partial charge in [-0.05, 0) is 39.2 Å². The summed E-state index contributed by atoms with van der Waals surface area (Å²) in [5, 5.41) is 0.141. The van der Waals surface area contributed by atoms with Crippen LogP contribution in [0.5, 0.6) is 0 Å². The molecule has 1 aromatic rings. The first-order valence-electron chi connectivity index (χ1n) is 7.13. The number of hydrogen-bond donors (Lipinski definition) is 1. The summed E-state index contributed by atoms with van der Waals surface area (Å²) in [6.45, 7) is 5.04. The van der Waals surface area contributed by atoms with E-state index in [4.69, 9.17) is 5.73 Å². The van der Waals surface area contributed by atoms with Gasteiger partial charge in [-0.15, -0.1) is 0 Å². The van der Waals surface area contributed by atoms with Crippen molar-refractivity contribution in [1.82, 2.24) is 13.9 Å². The predicted octanol–water partition coefficient (Wildman–Crippen LogP) is 0.959. The molecule has 1 heterocycles. The molecule has 0 aliphatic heterocycles. The van der Waals surface area contributed by atoms with E-state index in [0.717, 1.165) is 25.1 Å². The summed E-state index contributed by atoms with van der Waals surface area (Å²) in [5.41, 5.74) is 5.75. The summed E-state index contributed by atoms with van der Waals surface area (Å²) in [7, 11) is -1.88. The number of aryl methyl sites for hydroxylation is 2. The van der Waals surface area contributed by atoms with Gasteiger partial charge in [-0.1, -0.05) is 6.42 Å². The van der Waals surface area contributed by atoms with Gasteiger partial charge in [0.25, 0.3) is 10.0 Å². The minimum atomic E-state index is -3.53. The Morgan fingerprint density at radius 3 is 2.75 bits per heavy atom. The normalized spacial score (nSPS) is 23.6. The first-order chi connectivity index (χ1) is 9.41. The molecule has 0 radical (unpaired) electrons. The maximum Gasteiger partial charge on any atom is 0.262 e. The van der Waals surface area contributed by atoms with Crippen LogP contribution in [0.3, 0.4) is 0 Å². The molecule has 114 valence electrons. The maximum absolute atomic E-state index is 12.7. The minimum Gasteiger partial charge on any atom is -0.334 e. The number of hydrogen-bond acceptors (Lipinski definition) is 4. The fraction of sp³-hybridized carbons (Fsp3) is 0.769. The van der Waals surface area contributed by atoms with Crippen LogP contribution < -0.4 is 5.73 Å². The number of rotatable bonds is 5. The first kappa shape index (κ1) is 15.5. The molecule has 1 saturated carbocycles. The molecule has 0 saturated heterocycles. The second-order valence-corrected chi connectivity index (χ2v) is 7.37. The van der Waals surface area contributed by atoms with E-state index in [2.05, 4.69) is 4.98 Å². The Hall–Kier alpha value is -0.920. The number of sulfonamides is 1. The third-order valence-corrected chi connectivity index (χ3v) is 6.08. The Morgan fingerprint density at radius 1 is 1.50 bits per heavy atom. The zero-order valence-electron chi connectivity index (χ0n) is 12.4. The summed E-state index contributed by atoms with van der Waals surface area (Å²) in [4.78, 5) is 4.20. The lowest BCUT2D eigenvalue weighted by atomic mass is 10.0. The van der Waals surface area contributed by atoms with Crippen molar-refractivity contribution in [2.45, 2.75) is 50.7 Å². The zero-order chi connectivity index (χ0) is 14.9. The smallest absolute Gasteiger partial charge is 0.262 e. The molecule has 1 fully saturated rings. The van der Waals surface area contributed by atoms with Crippen molar-refractivity contribution in [2.75, 3.05) is 13.6 Å². The summed E-state index contributed by atoms with van der Waals surface area (Å²) in [6.07, 6.45) is 4.54. The largest absolute Gasteiger partial charge is 0.334 e. The summed E-state index contributed by atoms with van der Waals surface area (Å²) in [6, 6.07) is -0.00270. The van der Waals surface area contributed by atoms with Gasteiger partial charge in [0.05, 0.1) is 0 Å². The van der Waals surface area contributed by atoms with Gasteiger partial charge >= 0.3 is 0 Å². The maximum atomic E-state index is 12.7. The highest BCUT2D eigenvalue weighted by atomic mass is 32.2. The number of aromatic nitrogens is 2. The molecule has 2 N–H and O–H groups in total. The van der Waals surface area contributed by atoms with E-state index < -0.39 is 10.0 Å². The van der Waals surface area contributed by atoms with E-state index in [1.54, 1.807) is 13.2 Å². The lowest BCUT2D eigenvalue weighted by molar-refractivity contribution is 0.303. The highest BCUT2D eigenvalue weighted by Gasteiger charge is 2.37. The molecule has 20 heavy (non-hydrogen) atoms. The molecule has 1 aliphatic carbocycles. The van der Waals surface area contributed by atoms with Crippen LogP contribution in [0.4, 0.5) is 0 Å². The predicted molar refractivity (Wildman–Crippen MR) is 77.8 cm³/mol. The molecular weight excluding hydrogens is 276 g/mol. The number of nitrogens with zero attached hydrogens (tertiary/aromatic N) is 3. The lowest BCUT2D eigenvalue weighted by Gasteiger charge is -2.27. The highest BCUT2D eigenvalue weighted by molar-refractivity contribution is 7.89. The van der Waals surface area contributed by atoms with E-state index >= 15 is 0 Å². The van der Waals surface area contributed by atoms with E-state index in [1.807, 2.05) is 18.4 Å². The number of nitrogens with two attached hydrogens (primary N) is 1. The fourth-order valence-electron chi connectivity index (χ4n) is 3.02. The van der Waals surface area contributed by atoms with Crippen molar-refractivity contribution in [3.63, 3.8) is 0 Å². The van der Waals surface area contributed by atoms with Crippen LogP contribution in [0.15, 0.2) is 11.2 Å². The van der Waals surface area contributed by atoms with E-state index in [0.29, 0.717) is 13.1 Å². The molecule has 2 rings (SSSR count). The Morgan fingerprint density at radius 2 is 2.20 bits per heavy atom. The second kappa shape index (κ2) is 5.83. The first-order valence-corrected chi connectivity index (χ1v) is 8.57. The van der Waals surface area contributed by atoms with E-state index in [-0.39, 0.29) is 17.0 Å². The third kappa shape index (κ3) is 2.62. The van der Waals surface area contributed by atoms with Crippen molar-refractivity contribution < 1.29 is 8.42 Å². The Bertz CT molecular complexity index is 567. The molecular formula is C13H24N4O2S. The average Bonchev–Trinajstić information content (AvgIpc) is 3.03. The quantitative estimate of drug-likeness (QED) is 0.878. The van der Waals surface area contributed by atoms with Crippen LogP contribution in [-0.2, 0) is 16.6 Å². The van der Waals surface area contributed by atoms with Crippen LogP contribution in [0.2, 0.25) is 0 Å². The van der Waals surface area contributed by atoms with Crippen LogP contribution >= 0.6 is 0 Å². The minimum absolute atomic E-state index is 0.00270. The van der Waals surface area contributed by atoms with Crippen molar-refractivity contribution in [1.29, 1.82) is 0 Å². The topological polar surface area (TPSA) is 81.2 Å². The molecule has 2 unspecified atom stereocenters. The molecule has 7 heteroatoms. The monoisotopic (exact) mass is 300 g/mol. The number of imidazole rings is 1. The molecule has 6 nitrogen and oxygen atoms in total. The van der Waals surface area contributed by atoms with Gasteiger partial charge in [0.1, 0.15) is 5.82 Å². The van der Waals surface area contributed by atoms with Gasteiger partial charge in [-0.2, -0.15) is 4.31 Å². The van der Waals surface area contributed by atoms with Gasteiger partial charge < -0.3 is 10.3 Å². The highest BCUT2D eigenvalue weighted by Crippen LogP contribution is 2.31. The van der Waals surface area contributed by atoms with Gasteiger partial charge in [0.15, 0.2) is 5.03 Å². The molecule has 2 atom stereocenters. The van der Waals surface area contributed by atoms with Crippen molar-refractivity contribution >= 4 is 10.0 Å². The Balaban J connectivity index is 2.29. The standard InChI is InChI=1S/C13H24N4O2S/c1-4-17-9-13(15-10(17)2)20(18,19)16(3)12-7-5-6-11(12)8-14/h9,11-12H,4-8,14H2,1-3H3. The zero-order valence-corrected chi connectivity index (χ0v) is 13.2. The van der Waals surface area contributed by atoms with Crippen LogP contribution in [0, 0.1) is 12.8 Å². The van der Waals surface area contributed by atoms with Crippen LogP contribution in [-0.4, -0.2) is 41.9 Å². The van der Waals surface area contributed by atoms with Crippen molar-refractivity contribution in [3.8, 4) is 0 Å².